The molecule has 74 valence electrons. The highest BCUT2D eigenvalue weighted by molar-refractivity contribution is 5.50. The largest absolute Gasteiger partial charge is 0.311 e. The molecule has 0 bridgehead atoms. The summed E-state index contributed by atoms with van der Waals surface area (Å²) in [6, 6.07) is 9.24. The molecule has 1 atom stereocenters. The van der Waals surface area contributed by atoms with Crippen LogP contribution in [0, 0.1) is 6.92 Å². The maximum Gasteiger partial charge on any atom is 0.0253 e. The van der Waals surface area contributed by atoms with E-state index >= 15 is 0 Å². The van der Waals surface area contributed by atoms with Crippen LogP contribution in [0.1, 0.15) is 24.0 Å². The summed E-state index contributed by atoms with van der Waals surface area (Å²) in [7, 11) is 0. The summed E-state index contributed by atoms with van der Waals surface area (Å²) in [5.41, 5.74) is 2.62. The molecule has 14 heavy (non-hydrogen) atoms. The van der Waals surface area contributed by atoms with Gasteiger partial charge in [0.15, 0.2) is 0 Å². The van der Waals surface area contributed by atoms with Crippen LogP contribution in [0.3, 0.4) is 0 Å². The van der Waals surface area contributed by atoms with Crippen LogP contribution in [-0.2, 0) is 0 Å². The van der Waals surface area contributed by atoms with E-state index in [0.29, 0.717) is 6.04 Å². The Balaban J connectivity index is 1.99. The average molecular weight is 187 g/mol. The second-order valence-corrected chi connectivity index (χ2v) is 3.97. The average Bonchev–Trinajstić information content (AvgIpc) is 2.70. The van der Waals surface area contributed by atoms with Gasteiger partial charge in [0.1, 0.15) is 0 Å². The SMILES string of the molecule is Cc1ccc(/C=C/[C@@H]2CCCN2)cc1. The molecule has 0 aliphatic carbocycles. The summed E-state index contributed by atoms with van der Waals surface area (Å²) in [5, 5.41) is 3.45. The van der Waals surface area contributed by atoms with E-state index in [0.717, 1.165) is 0 Å². The molecule has 0 amide bonds. The predicted octanol–water partition coefficient (Wildman–Crippen LogP) is 2.76. The van der Waals surface area contributed by atoms with Crippen molar-refractivity contribution in [2.24, 2.45) is 0 Å². The van der Waals surface area contributed by atoms with Crippen LogP contribution in [0.2, 0.25) is 0 Å². The second-order valence-electron chi connectivity index (χ2n) is 3.97. The van der Waals surface area contributed by atoms with E-state index < -0.39 is 0 Å². The van der Waals surface area contributed by atoms with Crippen molar-refractivity contribution in [2.75, 3.05) is 6.54 Å². The van der Waals surface area contributed by atoms with Gasteiger partial charge in [-0.1, -0.05) is 42.0 Å². The number of aryl methyl sites for hydroxylation is 1. The van der Waals surface area contributed by atoms with Crippen molar-refractivity contribution >= 4 is 6.08 Å². The Bertz CT molecular complexity index is 305. The highest BCUT2D eigenvalue weighted by Crippen LogP contribution is 2.10. The van der Waals surface area contributed by atoms with E-state index in [-0.39, 0.29) is 0 Å². The molecule has 1 fully saturated rings. The van der Waals surface area contributed by atoms with Gasteiger partial charge in [0.2, 0.25) is 0 Å². The zero-order valence-electron chi connectivity index (χ0n) is 8.66. The van der Waals surface area contributed by atoms with Gasteiger partial charge in [-0.3, -0.25) is 0 Å². The lowest BCUT2D eigenvalue weighted by Crippen LogP contribution is -2.17. The van der Waals surface area contributed by atoms with Gasteiger partial charge in [-0.15, -0.1) is 0 Å². The fourth-order valence-corrected chi connectivity index (χ4v) is 1.78. The first-order chi connectivity index (χ1) is 6.84. The normalized spacial score (nSPS) is 21.9. The van der Waals surface area contributed by atoms with Gasteiger partial charge in [-0.25, -0.2) is 0 Å². The zero-order chi connectivity index (χ0) is 9.80. The fraction of sp³-hybridized carbons (Fsp3) is 0.385. The molecule has 0 aromatic heterocycles. The number of hydrogen-bond acceptors (Lipinski definition) is 1. The van der Waals surface area contributed by atoms with E-state index in [2.05, 4.69) is 48.7 Å². The molecule has 0 saturated carbocycles. The molecule has 1 aliphatic rings. The van der Waals surface area contributed by atoms with Gasteiger partial charge in [0.05, 0.1) is 0 Å². The van der Waals surface area contributed by atoms with Crippen molar-refractivity contribution in [3.63, 3.8) is 0 Å². The van der Waals surface area contributed by atoms with Gasteiger partial charge in [-0.2, -0.15) is 0 Å². The van der Waals surface area contributed by atoms with E-state index in [1.54, 1.807) is 0 Å². The smallest absolute Gasteiger partial charge is 0.0253 e. The molecule has 1 aromatic carbocycles. The summed E-state index contributed by atoms with van der Waals surface area (Å²) >= 11 is 0. The zero-order valence-corrected chi connectivity index (χ0v) is 8.66. The number of rotatable bonds is 2. The van der Waals surface area contributed by atoms with Crippen molar-refractivity contribution in [1.82, 2.24) is 5.32 Å². The quantitative estimate of drug-likeness (QED) is 0.750. The number of hydrogen-bond donors (Lipinski definition) is 1. The van der Waals surface area contributed by atoms with Gasteiger partial charge < -0.3 is 5.32 Å². The van der Waals surface area contributed by atoms with Gasteiger partial charge in [0, 0.05) is 6.04 Å². The lowest BCUT2D eigenvalue weighted by Gasteiger charge is -2.02. The predicted molar refractivity (Wildman–Crippen MR) is 61.2 cm³/mol. The molecule has 0 spiro atoms. The van der Waals surface area contributed by atoms with Crippen LogP contribution in [0.5, 0.6) is 0 Å². The third kappa shape index (κ3) is 2.46. The van der Waals surface area contributed by atoms with E-state index in [1.807, 2.05) is 0 Å². The van der Waals surface area contributed by atoms with Crippen molar-refractivity contribution < 1.29 is 0 Å². The van der Waals surface area contributed by atoms with Crippen molar-refractivity contribution in [2.45, 2.75) is 25.8 Å². The van der Waals surface area contributed by atoms with Crippen molar-refractivity contribution in [3.05, 3.63) is 41.5 Å². The molecule has 1 aromatic rings. The van der Waals surface area contributed by atoms with Crippen LogP contribution in [0.15, 0.2) is 30.3 Å². The molecule has 1 nitrogen and oxygen atoms in total. The minimum absolute atomic E-state index is 0.594. The monoisotopic (exact) mass is 187 g/mol. The molecule has 1 saturated heterocycles. The molecule has 0 unspecified atom stereocenters. The topological polar surface area (TPSA) is 12.0 Å². The third-order valence-electron chi connectivity index (χ3n) is 2.70. The highest BCUT2D eigenvalue weighted by Gasteiger charge is 2.09. The van der Waals surface area contributed by atoms with Crippen LogP contribution in [0.25, 0.3) is 6.08 Å². The first kappa shape index (κ1) is 9.47. The summed E-state index contributed by atoms with van der Waals surface area (Å²) in [4.78, 5) is 0. The lowest BCUT2D eigenvalue weighted by molar-refractivity contribution is 0.730. The van der Waals surface area contributed by atoms with Crippen LogP contribution < -0.4 is 5.32 Å². The Morgan fingerprint density at radius 1 is 1.29 bits per heavy atom. The summed E-state index contributed by atoms with van der Waals surface area (Å²) in [6.45, 7) is 3.29. The molecular weight excluding hydrogens is 170 g/mol. The maximum absolute atomic E-state index is 3.45. The Morgan fingerprint density at radius 2 is 2.07 bits per heavy atom. The number of nitrogens with one attached hydrogen (secondary N) is 1. The summed E-state index contributed by atoms with van der Waals surface area (Å²) in [5.74, 6) is 0. The van der Waals surface area contributed by atoms with E-state index in [9.17, 15) is 0 Å². The fourth-order valence-electron chi connectivity index (χ4n) is 1.78. The van der Waals surface area contributed by atoms with E-state index in [1.165, 1.54) is 30.5 Å². The van der Waals surface area contributed by atoms with Crippen LogP contribution in [0.4, 0.5) is 0 Å². The molecule has 1 aliphatic heterocycles. The Morgan fingerprint density at radius 3 is 2.71 bits per heavy atom. The Hall–Kier alpha value is -1.08. The first-order valence-corrected chi connectivity index (χ1v) is 5.33. The summed E-state index contributed by atoms with van der Waals surface area (Å²) in [6.07, 6.45) is 7.07. The summed E-state index contributed by atoms with van der Waals surface area (Å²) < 4.78 is 0. The Labute approximate surface area is 85.8 Å². The molecular formula is C13H17N. The first-order valence-electron chi connectivity index (χ1n) is 5.33. The minimum atomic E-state index is 0.594. The van der Waals surface area contributed by atoms with Crippen LogP contribution >= 0.6 is 0 Å². The second kappa shape index (κ2) is 4.43. The van der Waals surface area contributed by atoms with Gasteiger partial charge in [-0.05, 0) is 31.9 Å². The highest BCUT2D eigenvalue weighted by atomic mass is 14.9. The molecule has 0 radical (unpaired) electrons. The molecule has 1 heterocycles. The third-order valence-corrected chi connectivity index (χ3v) is 2.70. The standard InChI is InChI=1S/C13H17N/c1-11-4-6-12(7-5-11)8-9-13-3-2-10-14-13/h4-9,13-14H,2-3,10H2,1H3/b9-8+/t13-/m0/s1. The maximum atomic E-state index is 3.45. The molecule has 2 rings (SSSR count). The van der Waals surface area contributed by atoms with E-state index in [4.69, 9.17) is 0 Å². The molecule has 1 heteroatoms. The molecule has 1 N–H and O–H groups in total. The van der Waals surface area contributed by atoms with Crippen molar-refractivity contribution in [3.8, 4) is 0 Å². The minimum Gasteiger partial charge on any atom is -0.311 e. The van der Waals surface area contributed by atoms with Gasteiger partial charge >= 0.3 is 0 Å². The van der Waals surface area contributed by atoms with Crippen molar-refractivity contribution in [1.29, 1.82) is 0 Å². The number of benzene rings is 1. The Kier molecular flexibility index (Phi) is 3.00. The van der Waals surface area contributed by atoms with Gasteiger partial charge in [0.25, 0.3) is 0 Å². The van der Waals surface area contributed by atoms with Crippen LogP contribution in [-0.4, -0.2) is 12.6 Å². The lowest BCUT2D eigenvalue weighted by atomic mass is 10.1.